The molecular weight excluding hydrogens is 492 g/mol. The number of nitrogens with two attached hydrogens (primary N) is 1. The van der Waals surface area contributed by atoms with E-state index in [1.807, 2.05) is 36.4 Å². The van der Waals surface area contributed by atoms with Crippen molar-refractivity contribution in [3.63, 3.8) is 0 Å². The Balaban J connectivity index is 1.07. The maximum Gasteiger partial charge on any atom is 0.253 e. The molecule has 0 aromatic heterocycles. The lowest BCUT2D eigenvalue weighted by Crippen LogP contribution is -2.45. The summed E-state index contributed by atoms with van der Waals surface area (Å²) in [6.45, 7) is 5.74. The molecule has 0 spiro atoms. The minimum Gasteiger partial charge on any atom is -0.398 e. The van der Waals surface area contributed by atoms with Crippen LogP contribution >= 0.6 is 11.6 Å². The van der Waals surface area contributed by atoms with Gasteiger partial charge in [0.1, 0.15) is 0 Å². The molecule has 1 heterocycles. The van der Waals surface area contributed by atoms with E-state index in [0.717, 1.165) is 50.3 Å². The Morgan fingerprint density at radius 3 is 2.13 bits per heavy atom. The minimum absolute atomic E-state index is 0.156. The summed E-state index contributed by atoms with van der Waals surface area (Å²) in [7, 11) is 0. The smallest absolute Gasteiger partial charge is 0.253 e. The Morgan fingerprint density at radius 1 is 0.789 bits per heavy atom. The third kappa shape index (κ3) is 6.55. The summed E-state index contributed by atoms with van der Waals surface area (Å²) in [5.74, 6) is -0.156. The molecule has 0 radical (unpaired) electrons. The van der Waals surface area contributed by atoms with Gasteiger partial charge in [0.25, 0.3) is 5.91 Å². The second kappa shape index (κ2) is 12.2. The quantitative estimate of drug-likeness (QED) is 0.282. The molecule has 1 fully saturated rings. The van der Waals surface area contributed by atoms with Crippen LogP contribution in [-0.2, 0) is 13.0 Å². The van der Waals surface area contributed by atoms with Crippen LogP contribution in [0.15, 0.2) is 97.1 Å². The summed E-state index contributed by atoms with van der Waals surface area (Å²) in [4.78, 5) is 17.7. The summed E-state index contributed by atoms with van der Waals surface area (Å²) in [6, 6.07) is 32.5. The first-order valence-corrected chi connectivity index (χ1v) is 13.5. The zero-order valence-corrected chi connectivity index (χ0v) is 22.2. The molecule has 3 N–H and O–H groups in total. The lowest BCUT2D eigenvalue weighted by molar-refractivity contribution is 0.0955. The van der Waals surface area contributed by atoms with Crippen molar-refractivity contribution < 1.29 is 4.79 Å². The molecule has 0 saturated carbocycles. The third-order valence-corrected chi connectivity index (χ3v) is 7.35. The molecule has 4 aromatic carbocycles. The van der Waals surface area contributed by atoms with Crippen molar-refractivity contribution in [2.45, 2.75) is 13.0 Å². The third-order valence-electron chi connectivity index (χ3n) is 7.10. The first-order chi connectivity index (χ1) is 18.5. The van der Waals surface area contributed by atoms with E-state index in [1.165, 1.54) is 16.8 Å². The molecule has 0 unspecified atom stereocenters. The zero-order chi connectivity index (χ0) is 26.3. The number of anilines is 2. The van der Waals surface area contributed by atoms with Crippen LogP contribution in [-0.4, -0.2) is 43.5 Å². The predicted octanol–water partition coefficient (Wildman–Crippen LogP) is 5.88. The van der Waals surface area contributed by atoms with Gasteiger partial charge in [-0.25, -0.2) is 0 Å². The fourth-order valence-corrected chi connectivity index (χ4v) is 5.01. The number of carbonyl (C=O) groups excluding carboxylic acids is 1. The second-order valence-electron chi connectivity index (χ2n) is 9.73. The molecule has 6 heteroatoms. The van der Waals surface area contributed by atoms with Gasteiger partial charge in [0, 0.05) is 55.7 Å². The van der Waals surface area contributed by atoms with Crippen LogP contribution in [0.3, 0.4) is 0 Å². The highest BCUT2D eigenvalue weighted by Crippen LogP contribution is 2.25. The summed E-state index contributed by atoms with van der Waals surface area (Å²) in [5, 5.41) is 3.69. The molecule has 1 amide bonds. The van der Waals surface area contributed by atoms with Crippen molar-refractivity contribution in [3.05, 3.63) is 119 Å². The Hall–Kier alpha value is -3.80. The van der Waals surface area contributed by atoms with E-state index in [1.54, 1.807) is 6.07 Å². The molecule has 5 nitrogen and oxygen atoms in total. The highest BCUT2D eigenvalue weighted by Gasteiger charge is 2.17. The number of amides is 1. The van der Waals surface area contributed by atoms with E-state index in [2.05, 4.69) is 69.7 Å². The van der Waals surface area contributed by atoms with Crippen molar-refractivity contribution in [2.24, 2.45) is 0 Å². The molecule has 1 aliphatic heterocycles. The van der Waals surface area contributed by atoms with Crippen LogP contribution in [0.25, 0.3) is 11.1 Å². The van der Waals surface area contributed by atoms with E-state index >= 15 is 0 Å². The molecule has 1 aliphatic rings. The molecule has 5 rings (SSSR count). The number of nitrogens with one attached hydrogen (secondary N) is 1. The molecule has 0 bridgehead atoms. The Labute approximate surface area is 229 Å². The number of rotatable bonds is 8. The normalized spacial score (nSPS) is 13.9. The van der Waals surface area contributed by atoms with Crippen LogP contribution in [0.2, 0.25) is 5.02 Å². The zero-order valence-electron chi connectivity index (χ0n) is 21.4. The first kappa shape index (κ1) is 25.8. The van der Waals surface area contributed by atoms with Crippen molar-refractivity contribution in [3.8, 4) is 11.1 Å². The van der Waals surface area contributed by atoms with E-state index in [-0.39, 0.29) is 5.91 Å². The topological polar surface area (TPSA) is 61.6 Å². The van der Waals surface area contributed by atoms with Crippen LogP contribution in [0.5, 0.6) is 0 Å². The average Bonchev–Trinajstić information content (AvgIpc) is 2.95. The van der Waals surface area contributed by atoms with Crippen LogP contribution in [0.4, 0.5) is 11.4 Å². The van der Waals surface area contributed by atoms with Gasteiger partial charge in [0.2, 0.25) is 0 Å². The predicted molar refractivity (Wildman–Crippen MR) is 158 cm³/mol. The summed E-state index contributed by atoms with van der Waals surface area (Å²) in [5.41, 5.74) is 12.9. The number of para-hydroxylation sites is 1. The van der Waals surface area contributed by atoms with Gasteiger partial charge in [0.05, 0.1) is 5.56 Å². The first-order valence-electron chi connectivity index (χ1n) is 13.1. The molecular formula is C32H33ClN4O. The van der Waals surface area contributed by atoms with Crippen LogP contribution in [0.1, 0.15) is 21.5 Å². The van der Waals surface area contributed by atoms with Gasteiger partial charge in [-0.1, -0.05) is 72.3 Å². The number of nitrogens with zero attached hydrogens (tertiary/aromatic N) is 2. The molecule has 1 saturated heterocycles. The van der Waals surface area contributed by atoms with E-state index < -0.39 is 0 Å². The van der Waals surface area contributed by atoms with E-state index in [0.29, 0.717) is 22.8 Å². The summed E-state index contributed by atoms with van der Waals surface area (Å²) < 4.78 is 0. The summed E-state index contributed by atoms with van der Waals surface area (Å²) >= 11 is 5.98. The minimum atomic E-state index is -0.156. The van der Waals surface area contributed by atoms with Crippen LogP contribution < -0.4 is 16.0 Å². The van der Waals surface area contributed by atoms with Crippen molar-refractivity contribution in [1.82, 2.24) is 10.2 Å². The summed E-state index contributed by atoms with van der Waals surface area (Å²) in [6.07, 6.45) is 0.768. The number of carbonyl (C=O) groups is 1. The highest BCUT2D eigenvalue weighted by molar-refractivity contribution is 6.30. The number of hydrogen-bond acceptors (Lipinski definition) is 4. The molecule has 0 aliphatic carbocycles. The number of nitrogen functional groups attached to an aromatic ring is 1. The highest BCUT2D eigenvalue weighted by atomic mass is 35.5. The number of halogens is 1. The van der Waals surface area contributed by atoms with Gasteiger partial charge in [0.15, 0.2) is 0 Å². The molecule has 194 valence electrons. The van der Waals surface area contributed by atoms with Gasteiger partial charge in [-0.05, 0) is 65.1 Å². The molecule has 4 aromatic rings. The van der Waals surface area contributed by atoms with Gasteiger partial charge >= 0.3 is 0 Å². The largest absolute Gasteiger partial charge is 0.398 e. The van der Waals surface area contributed by atoms with Gasteiger partial charge in [-0.2, -0.15) is 0 Å². The molecule has 38 heavy (non-hydrogen) atoms. The number of benzene rings is 4. The van der Waals surface area contributed by atoms with Crippen molar-refractivity contribution in [2.75, 3.05) is 43.4 Å². The average molecular weight is 525 g/mol. The lowest BCUT2D eigenvalue weighted by Gasteiger charge is -2.36. The Kier molecular flexibility index (Phi) is 8.27. The Bertz CT molecular complexity index is 1350. The van der Waals surface area contributed by atoms with Gasteiger partial charge in [-0.15, -0.1) is 0 Å². The number of hydrogen-bond donors (Lipinski definition) is 2. The van der Waals surface area contributed by atoms with Crippen LogP contribution in [0, 0.1) is 0 Å². The van der Waals surface area contributed by atoms with E-state index in [9.17, 15) is 4.79 Å². The second-order valence-corrected chi connectivity index (χ2v) is 10.2. The maximum absolute atomic E-state index is 12.7. The monoisotopic (exact) mass is 524 g/mol. The fourth-order valence-electron chi connectivity index (χ4n) is 4.88. The number of piperazine rings is 1. The van der Waals surface area contributed by atoms with Gasteiger partial charge < -0.3 is 16.0 Å². The maximum atomic E-state index is 12.7. The SMILES string of the molecule is Nc1cc(-c2ccc(Cl)cc2)ccc1C(=O)NCCc1ccc(CN2CCN(c3ccccc3)CC2)cc1. The van der Waals surface area contributed by atoms with Crippen molar-refractivity contribution in [1.29, 1.82) is 0 Å². The Morgan fingerprint density at radius 2 is 1.45 bits per heavy atom. The van der Waals surface area contributed by atoms with Gasteiger partial charge in [-0.3, -0.25) is 9.69 Å². The fraction of sp³-hybridized carbons (Fsp3) is 0.219. The molecule has 0 atom stereocenters. The lowest BCUT2D eigenvalue weighted by atomic mass is 10.0. The van der Waals surface area contributed by atoms with Crippen molar-refractivity contribution >= 4 is 28.9 Å². The van der Waals surface area contributed by atoms with E-state index in [4.69, 9.17) is 17.3 Å². The standard InChI is InChI=1S/C32H33ClN4O/c33-28-13-10-26(11-14-28)27-12-15-30(31(34)22-27)32(38)35-17-16-24-6-8-25(9-7-24)23-36-18-20-37(21-19-36)29-4-2-1-3-5-29/h1-15,22H,16-21,23,34H2,(H,35,38).